The average Bonchev–Trinajstić information content (AvgIpc) is 2.20. The lowest BCUT2D eigenvalue weighted by Crippen LogP contribution is -2.54. The van der Waals surface area contributed by atoms with Crippen molar-refractivity contribution < 1.29 is 14.6 Å². The van der Waals surface area contributed by atoms with Crippen LogP contribution in [-0.4, -0.2) is 50.7 Å². The molecule has 2 unspecified atom stereocenters. The SMILES string of the molecule is CNCC(O)C1(COC)CCCCO1. The fourth-order valence-electron chi connectivity index (χ4n) is 1.97. The zero-order chi connectivity index (χ0) is 10.4. The Morgan fingerprint density at radius 2 is 2.36 bits per heavy atom. The summed E-state index contributed by atoms with van der Waals surface area (Å²) in [5, 5.41) is 13.0. The molecule has 1 aliphatic heterocycles. The van der Waals surface area contributed by atoms with Crippen LogP contribution in [0.1, 0.15) is 19.3 Å². The molecule has 0 radical (unpaired) electrons. The van der Waals surface area contributed by atoms with Gasteiger partial charge in [-0.05, 0) is 26.3 Å². The second kappa shape index (κ2) is 5.66. The normalized spacial score (nSPS) is 30.2. The number of nitrogens with one attached hydrogen (secondary N) is 1. The lowest BCUT2D eigenvalue weighted by molar-refractivity contribution is -0.172. The molecule has 1 heterocycles. The van der Waals surface area contributed by atoms with Crippen molar-refractivity contribution in [3.8, 4) is 0 Å². The van der Waals surface area contributed by atoms with E-state index in [4.69, 9.17) is 9.47 Å². The van der Waals surface area contributed by atoms with Gasteiger partial charge in [-0.1, -0.05) is 0 Å². The molecule has 14 heavy (non-hydrogen) atoms. The number of rotatable bonds is 5. The third-order valence-corrected chi connectivity index (χ3v) is 2.78. The Kier molecular flexibility index (Phi) is 4.81. The van der Waals surface area contributed by atoms with Crippen LogP contribution in [0, 0.1) is 0 Å². The predicted molar refractivity (Wildman–Crippen MR) is 54.3 cm³/mol. The smallest absolute Gasteiger partial charge is 0.118 e. The van der Waals surface area contributed by atoms with Crippen LogP contribution in [0.3, 0.4) is 0 Å². The summed E-state index contributed by atoms with van der Waals surface area (Å²) in [6.07, 6.45) is 2.57. The van der Waals surface area contributed by atoms with Crippen molar-refractivity contribution in [2.24, 2.45) is 0 Å². The molecule has 0 aromatic carbocycles. The summed E-state index contributed by atoms with van der Waals surface area (Å²) in [7, 11) is 3.47. The molecule has 0 aliphatic carbocycles. The minimum absolute atomic E-state index is 0.468. The molecular weight excluding hydrogens is 182 g/mol. The summed E-state index contributed by atoms with van der Waals surface area (Å²) >= 11 is 0. The molecule has 2 atom stereocenters. The topological polar surface area (TPSA) is 50.7 Å². The van der Waals surface area contributed by atoms with Crippen molar-refractivity contribution in [1.82, 2.24) is 5.32 Å². The Morgan fingerprint density at radius 3 is 2.86 bits per heavy atom. The number of hydrogen-bond acceptors (Lipinski definition) is 4. The minimum Gasteiger partial charge on any atom is -0.389 e. The molecule has 0 aromatic rings. The van der Waals surface area contributed by atoms with Crippen LogP contribution in [0.2, 0.25) is 0 Å². The highest BCUT2D eigenvalue weighted by molar-refractivity contribution is 4.91. The summed E-state index contributed by atoms with van der Waals surface area (Å²) in [5.74, 6) is 0. The molecule has 1 rings (SSSR count). The summed E-state index contributed by atoms with van der Waals surface area (Å²) in [6.45, 7) is 1.74. The molecule has 4 nitrogen and oxygen atoms in total. The molecule has 1 saturated heterocycles. The van der Waals surface area contributed by atoms with Gasteiger partial charge in [-0.15, -0.1) is 0 Å². The largest absolute Gasteiger partial charge is 0.389 e. The number of methoxy groups -OCH3 is 1. The lowest BCUT2D eigenvalue weighted by Gasteiger charge is -2.40. The molecule has 0 amide bonds. The third kappa shape index (κ3) is 2.67. The van der Waals surface area contributed by atoms with Crippen molar-refractivity contribution in [2.45, 2.75) is 31.0 Å². The van der Waals surface area contributed by atoms with Crippen LogP contribution in [0.25, 0.3) is 0 Å². The highest BCUT2D eigenvalue weighted by Crippen LogP contribution is 2.28. The van der Waals surface area contributed by atoms with Crippen LogP contribution in [0.15, 0.2) is 0 Å². The van der Waals surface area contributed by atoms with E-state index in [2.05, 4.69) is 5.32 Å². The molecule has 2 N–H and O–H groups in total. The molecule has 1 aliphatic rings. The monoisotopic (exact) mass is 203 g/mol. The van der Waals surface area contributed by atoms with Crippen LogP contribution in [0.4, 0.5) is 0 Å². The van der Waals surface area contributed by atoms with Crippen LogP contribution < -0.4 is 5.32 Å². The quantitative estimate of drug-likeness (QED) is 0.668. The maximum absolute atomic E-state index is 9.99. The van der Waals surface area contributed by atoms with Gasteiger partial charge in [-0.2, -0.15) is 0 Å². The molecule has 0 aromatic heterocycles. The maximum atomic E-state index is 9.99. The zero-order valence-electron chi connectivity index (χ0n) is 9.08. The number of hydrogen-bond donors (Lipinski definition) is 2. The molecule has 0 bridgehead atoms. The molecule has 0 saturated carbocycles. The first-order chi connectivity index (χ1) is 6.75. The summed E-state index contributed by atoms with van der Waals surface area (Å²) < 4.78 is 10.8. The highest BCUT2D eigenvalue weighted by atomic mass is 16.5. The number of ether oxygens (including phenoxy) is 2. The molecule has 84 valence electrons. The summed E-state index contributed by atoms with van der Waals surface area (Å²) in [5.41, 5.74) is -0.490. The van der Waals surface area contributed by atoms with E-state index in [0.29, 0.717) is 13.2 Å². The van der Waals surface area contributed by atoms with Crippen molar-refractivity contribution in [2.75, 3.05) is 33.9 Å². The first-order valence-electron chi connectivity index (χ1n) is 5.21. The van der Waals surface area contributed by atoms with E-state index in [-0.39, 0.29) is 0 Å². The van der Waals surface area contributed by atoms with Gasteiger partial charge in [0, 0.05) is 20.3 Å². The standard InChI is InChI=1S/C10H21NO3/c1-11-7-9(12)10(8-13-2)5-3-4-6-14-10/h9,11-12H,3-8H2,1-2H3. The lowest BCUT2D eigenvalue weighted by atomic mass is 9.88. The predicted octanol–water partition coefficient (Wildman–Crippen LogP) is 0.152. The number of aliphatic hydroxyl groups is 1. The molecule has 4 heteroatoms. The fraction of sp³-hybridized carbons (Fsp3) is 1.00. The van der Waals surface area contributed by atoms with Gasteiger partial charge in [0.1, 0.15) is 5.60 Å². The van der Waals surface area contributed by atoms with E-state index in [1.165, 1.54) is 0 Å². The van der Waals surface area contributed by atoms with Gasteiger partial charge in [-0.25, -0.2) is 0 Å². The fourth-order valence-corrected chi connectivity index (χ4v) is 1.97. The van der Waals surface area contributed by atoms with Gasteiger partial charge < -0.3 is 19.9 Å². The van der Waals surface area contributed by atoms with Gasteiger partial charge in [0.05, 0.1) is 12.7 Å². The van der Waals surface area contributed by atoms with Crippen molar-refractivity contribution in [3.05, 3.63) is 0 Å². The van der Waals surface area contributed by atoms with E-state index in [1.807, 2.05) is 7.05 Å². The van der Waals surface area contributed by atoms with Crippen LogP contribution >= 0.6 is 0 Å². The van der Waals surface area contributed by atoms with Crippen molar-refractivity contribution in [1.29, 1.82) is 0 Å². The summed E-state index contributed by atoms with van der Waals surface area (Å²) in [4.78, 5) is 0. The van der Waals surface area contributed by atoms with Gasteiger partial charge >= 0.3 is 0 Å². The minimum atomic E-state index is -0.493. The van der Waals surface area contributed by atoms with E-state index >= 15 is 0 Å². The molecule has 1 fully saturated rings. The van der Waals surface area contributed by atoms with Crippen LogP contribution in [-0.2, 0) is 9.47 Å². The van der Waals surface area contributed by atoms with Gasteiger partial charge in [0.25, 0.3) is 0 Å². The first-order valence-corrected chi connectivity index (χ1v) is 5.21. The Balaban J connectivity index is 2.58. The van der Waals surface area contributed by atoms with E-state index in [9.17, 15) is 5.11 Å². The second-order valence-corrected chi connectivity index (χ2v) is 3.88. The van der Waals surface area contributed by atoms with Gasteiger partial charge in [0.2, 0.25) is 0 Å². The molecule has 0 spiro atoms. The molecular formula is C10H21NO3. The van der Waals surface area contributed by atoms with E-state index < -0.39 is 11.7 Å². The summed E-state index contributed by atoms with van der Waals surface area (Å²) in [6, 6.07) is 0. The van der Waals surface area contributed by atoms with Crippen molar-refractivity contribution >= 4 is 0 Å². The Hall–Kier alpha value is -0.160. The van der Waals surface area contributed by atoms with E-state index in [1.54, 1.807) is 7.11 Å². The van der Waals surface area contributed by atoms with Gasteiger partial charge in [0.15, 0.2) is 0 Å². The third-order valence-electron chi connectivity index (χ3n) is 2.78. The average molecular weight is 203 g/mol. The Morgan fingerprint density at radius 1 is 1.57 bits per heavy atom. The Labute approximate surface area is 85.6 Å². The Bertz CT molecular complexity index is 152. The number of likely N-dealkylation sites (N-methyl/N-ethyl adjacent to an activating group) is 1. The van der Waals surface area contributed by atoms with Crippen molar-refractivity contribution in [3.63, 3.8) is 0 Å². The second-order valence-electron chi connectivity index (χ2n) is 3.88. The zero-order valence-corrected chi connectivity index (χ0v) is 9.08. The first kappa shape index (κ1) is 11.9. The van der Waals surface area contributed by atoms with Crippen LogP contribution in [0.5, 0.6) is 0 Å². The highest BCUT2D eigenvalue weighted by Gasteiger charge is 2.40. The van der Waals surface area contributed by atoms with E-state index in [0.717, 1.165) is 25.9 Å². The van der Waals surface area contributed by atoms with Gasteiger partial charge in [-0.3, -0.25) is 0 Å². The maximum Gasteiger partial charge on any atom is 0.118 e. The number of aliphatic hydroxyl groups excluding tert-OH is 1.